The van der Waals surface area contributed by atoms with Gasteiger partial charge in [-0.25, -0.2) is 4.79 Å². The van der Waals surface area contributed by atoms with E-state index in [4.69, 9.17) is 27.2 Å². The van der Waals surface area contributed by atoms with Crippen molar-refractivity contribution in [1.82, 2.24) is 0 Å². The minimum absolute atomic E-state index is 0.0271. The third kappa shape index (κ3) is 1.54. The number of carbonyl (C=O) groups is 1. The fourth-order valence-electron chi connectivity index (χ4n) is 0.998. The average Bonchev–Trinajstić information content (AvgIpc) is 2.13. The Kier molecular flexibility index (Phi) is 2.71. The largest absolute Gasteiger partial charge is 0.503 e. The highest BCUT2D eigenvalue weighted by Crippen LogP contribution is 2.40. The summed E-state index contributed by atoms with van der Waals surface area (Å²) in [6.07, 6.45) is 0. The first-order chi connectivity index (χ1) is 6.49. The molecule has 14 heavy (non-hydrogen) atoms. The highest BCUT2D eigenvalue weighted by atomic mass is 35.5. The molecule has 0 amide bonds. The van der Waals surface area contributed by atoms with Crippen LogP contribution in [0.2, 0.25) is 5.02 Å². The Balaban J connectivity index is 3.51. The Bertz CT molecular complexity index is 391. The lowest BCUT2D eigenvalue weighted by molar-refractivity contribution is 0.0692. The molecule has 0 bridgehead atoms. The minimum Gasteiger partial charge on any atom is -0.503 e. The number of rotatable bonds is 2. The van der Waals surface area contributed by atoms with Crippen molar-refractivity contribution in [1.29, 1.82) is 0 Å². The molecule has 1 rings (SSSR count). The molecule has 0 aliphatic heterocycles. The maximum Gasteiger partial charge on any atom is 0.339 e. The SMILES string of the molecule is COc1c(C(=O)O)cc(Cl)c(N)c1O. The first-order valence-corrected chi connectivity index (χ1v) is 3.95. The zero-order valence-corrected chi connectivity index (χ0v) is 8.00. The van der Waals surface area contributed by atoms with E-state index in [1.165, 1.54) is 7.11 Å². The predicted molar refractivity (Wildman–Crippen MR) is 51.0 cm³/mol. The van der Waals surface area contributed by atoms with Gasteiger partial charge in [0.25, 0.3) is 0 Å². The number of carboxylic acids is 1. The molecule has 0 fully saturated rings. The lowest BCUT2D eigenvalue weighted by atomic mass is 10.1. The van der Waals surface area contributed by atoms with Gasteiger partial charge in [0.1, 0.15) is 5.56 Å². The molecule has 0 saturated carbocycles. The molecule has 0 unspecified atom stereocenters. The second kappa shape index (κ2) is 3.63. The number of anilines is 1. The molecule has 6 heteroatoms. The summed E-state index contributed by atoms with van der Waals surface area (Å²) in [6.45, 7) is 0. The molecule has 0 spiro atoms. The van der Waals surface area contributed by atoms with Gasteiger partial charge in [-0.05, 0) is 6.07 Å². The Morgan fingerprint density at radius 1 is 1.64 bits per heavy atom. The summed E-state index contributed by atoms with van der Waals surface area (Å²) in [5.41, 5.74) is 5.04. The van der Waals surface area contributed by atoms with Gasteiger partial charge < -0.3 is 20.7 Å². The van der Waals surface area contributed by atoms with Crippen LogP contribution in [0, 0.1) is 0 Å². The number of benzene rings is 1. The first-order valence-electron chi connectivity index (χ1n) is 3.57. The molecular formula is C8H8ClNO4. The number of hydrogen-bond acceptors (Lipinski definition) is 4. The summed E-state index contributed by atoms with van der Waals surface area (Å²) in [5, 5.41) is 18.1. The van der Waals surface area contributed by atoms with Crippen LogP contribution >= 0.6 is 11.6 Å². The quantitative estimate of drug-likeness (QED) is 0.513. The average molecular weight is 218 g/mol. The van der Waals surface area contributed by atoms with Crippen molar-refractivity contribution in [3.05, 3.63) is 16.7 Å². The summed E-state index contributed by atoms with van der Waals surface area (Å²) >= 11 is 5.59. The lowest BCUT2D eigenvalue weighted by Crippen LogP contribution is -2.02. The van der Waals surface area contributed by atoms with E-state index in [1.54, 1.807) is 0 Å². The standard InChI is InChI=1S/C8H8ClNO4/c1-14-7-3(8(12)13)2-4(9)5(10)6(7)11/h2,11H,10H2,1H3,(H,12,13). The minimum atomic E-state index is -1.25. The van der Waals surface area contributed by atoms with Gasteiger partial charge in [0.2, 0.25) is 0 Å². The van der Waals surface area contributed by atoms with Crippen LogP contribution in [-0.4, -0.2) is 23.3 Å². The van der Waals surface area contributed by atoms with Gasteiger partial charge in [0.05, 0.1) is 17.8 Å². The molecule has 76 valence electrons. The number of hydrogen-bond donors (Lipinski definition) is 3. The van der Waals surface area contributed by atoms with Gasteiger partial charge in [-0.1, -0.05) is 11.6 Å². The number of aromatic hydroxyl groups is 1. The van der Waals surface area contributed by atoms with Crippen molar-refractivity contribution < 1.29 is 19.7 Å². The molecule has 5 nitrogen and oxygen atoms in total. The second-order valence-corrected chi connectivity index (χ2v) is 2.91. The van der Waals surface area contributed by atoms with Crippen LogP contribution in [-0.2, 0) is 0 Å². The van der Waals surface area contributed by atoms with Crippen LogP contribution in [0.1, 0.15) is 10.4 Å². The Morgan fingerprint density at radius 2 is 2.21 bits per heavy atom. The molecule has 0 atom stereocenters. The Labute approximate surface area is 84.7 Å². The topological polar surface area (TPSA) is 92.8 Å². The summed E-state index contributed by atoms with van der Waals surface area (Å²) in [6, 6.07) is 1.12. The zero-order chi connectivity index (χ0) is 10.9. The van der Waals surface area contributed by atoms with E-state index in [9.17, 15) is 9.90 Å². The molecular weight excluding hydrogens is 210 g/mol. The van der Waals surface area contributed by atoms with Gasteiger partial charge in [-0.2, -0.15) is 0 Å². The number of ether oxygens (including phenoxy) is 1. The summed E-state index contributed by atoms with van der Waals surface area (Å²) in [7, 11) is 1.23. The third-order valence-corrected chi connectivity index (χ3v) is 1.99. The maximum absolute atomic E-state index is 10.7. The fraction of sp³-hybridized carbons (Fsp3) is 0.125. The van der Waals surface area contributed by atoms with Crippen molar-refractivity contribution in [3.63, 3.8) is 0 Å². The molecule has 0 aliphatic carbocycles. The Hall–Kier alpha value is -1.62. The smallest absolute Gasteiger partial charge is 0.339 e. The summed E-state index contributed by atoms with van der Waals surface area (Å²) in [5.74, 6) is -1.91. The summed E-state index contributed by atoms with van der Waals surface area (Å²) in [4.78, 5) is 10.7. The van der Waals surface area contributed by atoms with E-state index in [1.807, 2.05) is 0 Å². The van der Waals surface area contributed by atoms with E-state index >= 15 is 0 Å². The number of aromatic carboxylic acids is 1. The van der Waals surface area contributed by atoms with E-state index in [-0.39, 0.29) is 22.0 Å². The number of carboxylic acid groups (broad SMARTS) is 1. The molecule has 1 aromatic rings. The van der Waals surface area contributed by atoms with Crippen LogP contribution in [0.5, 0.6) is 11.5 Å². The number of nitrogen functional groups attached to an aromatic ring is 1. The van der Waals surface area contributed by atoms with Crippen LogP contribution < -0.4 is 10.5 Å². The fourth-order valence-corrected chi connectivity index (χ4v) is 1.20. The molecule has 0 saturated heterocycles. The van der Waals surface area contributed by atoms with Gasteiger partial charge in [-0.15, -0.1) is 0 Å². The normalized spacial score (nSPS) is 9.86. The molecule has 0 aliphatic rings. The van der Waals surface area contributed by atoms with Crippen molar-refractivity contribution in [2.24, 2.45) is 0 Å². The molecule has 0 heterocycles. The van der Waals surface area contributed by atoms with E-state index in [0.29, 0.717) is 0 Å². The Morgan fingerprint density at radius 3 is 2.64 bits per heavy atom. The first kappa shape index (κ1) is 10.5. The van der Waals surface area contributed by atoms with E-state index in [2.05, 4.69) is 0 Å². The van der Waals surface area contributed by atoms with Crippen LogP contribution in [0.25, 0.3) is 0 Å². The number of halogens is 1. The van der Waals surface area contributed by atoms with Crippen molar-refractivity contribution in [3.8, 4) is 11.5 Å². The highest BCUT2D eigenvalue weighted by Gasteiger charge is 2.19. The van der Waals surface area contributed by atoms with E-state index in [0.717, 1.165) is 6.07 Å². The van der Waals surface area contributed by atoms with Gasteiger partial charge in [-0.3, -0.25) is 0 Å². The van der Waals surface area contributed by atoms with Crippen molar-refractivity contribution >= 4 is 23.3 Å². The van der Waals surface area contributed by atoms with E-state index < -0.39 is 11.7 Å². The summed E-state index contributed by atoms with van der Waals surface area (Å²) < 4.78 is 4.70. The molecule has 1 aromatic carbocycles. The number of phenols is 1. The van der Waals surface area contributed by atoms with Gasteiger partial charge in [0.15, 0.2) is 11.5 Å². The van der Waals surface area contributed by atoms with Crippen molar-refractivity contribution in [2.45, 2.75) is 0 Å². The number of nitrogens with two attached hydrogens (primary N) is 1. The molecule has 0 radical (unpaired) electrons. The molecule has 0 aromatic heterocycles. The predicted octanol–water partition coefficient (Wildman–Crippen LogP) is 1.33. The number of methoxy groups -OCH3 is 1. The van der Waals surface area contributed by atoms with Gasteiger partial charge >= 0.3 is 5.97 Å². The van der Waals surface area contributed by atoms with Gasteiger partial charge in [0, 0.05) is 0 Å². The molecule has 4 N–H and O–H groups in total. The second-order valence-electron chi connectivity index (χ2n) is 2.51. The van der Waals surface area contributed by atoms with Crippen LogP contribution in [0.4, 0.5) is 5.69 Å². The lowest BCUT2D eigenvalue weighted by Gasteiger charge is -2.10. The van der Waals surface area contributed by atoms with Crippen molar-refractivity contribution in [2.75, 3.05) is 12.8 Å². The maximum atomic E-state index is 10.7. The third-order valence-electron chi connectivity index (χ3n) is 1.68. The van der Waals surface area contributed by atoms with Crippen LogP contribution in [0.3, 0.4) is 0 Å². The monoisotopic (exact) mass is 217 g/mol. The highest BCUT2D eigenvalue weighted by molar-refractivity contribution is 6.34. The van der Waals surface area contributed by atoms with Crippen LogP contribution in [0.15, 0.2) is 6.07 Å². The zero-order valence-electron chi connectivity index (χ0n) is 7.24. The number of phenolic OH excluding ortho intramolecular Hbond substituents is 1.